The molecule has 0 unspecified atom stereocenters. The number of para-hydroxylation sites is 1. The molecule has 1 aromatic heterocycles. The zero-order valence-electron chi connectivity index (χ0n) is 29.4. The van der Waals surface area contributed by atoms with Gasteiger partial charge in [0, 0.05) is 26.7 Å². The molecule has 1 heterocycles. The van der Waals surface area contributed by atoms with Gasteiger partial charge >= 0.3 is 0 Å². The molecule has 0 aliphatic heterocycles. The molecular weight excluding hydrogens is 671 g/mol. The third-order valence-corrected chi connectivity index (χ3v) is 12.3. The van der Waals surface area contributed by atoms with Gasteiger partial charge in [0.25, 0.3) is 0 Å². The van der Waals surface area contributed by atoms with Crippen molar-refractivity contribution in [3.05, 3.63) is 200 Å². The van der Waals surface area contributed by atoms with Crippen LogP contribution in [0.4, 0.5) is 17.1 Å². The molecule has 0 atom stereocenters. The van der Waals surface area contributed by atoms with Crippen LogP contribution in [0.1, 0.15) is 0 Å². The smallest absolute Gasteiger partial charge is 0.0640 e. The van der Waals surface area contributed by atoms with Gasteiger partial charge in [-0.25, -0.2) is 0 Å². The maximum absolute atomic E-state index is 2.46. The summed E-state index contributed by atoms with van der Waals surface area (Å²) in [6.45, 7) is 0. The molecule has 54 heavy (non-hydrogen) atoms. The van der Waals surface area contributed by atoms with Crippen LogP contribution in [-0.2, 0) is 0 Å². The van der Waals surface area contributed by atoms with E-state index < -0.39 is 0 Å². The number of anilines is 3. The Kier molecular flexibility index (Phi) is 7.11. The summed E-state index contributed by atoms with van der Waals surface area (Å²) in [4.78, 5) is 2.46. The summed E-state index contributed by atoms with van der Waals surface area (Å²) < 4.78 is 2.62. The highest BCUT2D eigenvalue weighted by atomic mass is 32.1. The number of fused-ring (bicyclic) bond motifs is 10. The molecule has 0 radical (unpaired) electrons. The van der Waals surface area contributed by atoms with Crippen LogP contribution in [0.5, 0.6) is 0 Å². The van der Waals surface area contributed by atoms with Crippen LogP contribution >= 0.6 is 11.3 Å². The number of hydrogen-bond acceptors (Lipinski definition) is 2. The quantitative estimate of drug-likeness (QED) is 0.161. The summed E-state index contributed by atoms with van der Waals surface area (Å²) in [5.74, 6) is 0. The van der Waals surface area contributed by atoms with Crippen molar-refractivity contribution in [2.75, 3.05) is 4.90 Å². The highest BCUT2D eigenvalue weighted by molar-refractivity contribution is 7.27. The normalized spacial score (nSPS) is 11.7. The molecule has 0 aliphatic carbocycles. The average molecular weight is 704 g/mol. The van der Waals surface area contributed by atoms with Gasteiger partial charge in [0.1, 0.15) is 0 Å². The van der Waals surface area contributed by atoms with Crippen LogP contribution in [-0.4, -0.2) is 0 Å². The van der Waals surface area contributed by atoms with E-state index in [-0.39, 0.29) is 0 Å². The standard InChI is InChI=1S/C52H33NS/c1-2-11-35(12-3-1)42-15-8-9-19-48(42)53(49-20-10-18-46-47-32-27-37-14-5-7-17-45(37)51(47)54-52(46)49)41-29-25-34(26-30-41)39-28-31-44-40(33-39)24-23-38-22-21-36-13-4-6-16-43(36)50(38)44/h1-33H. The van der Waals surface area contributed by atoms with Crippen molar-refractivity contribution in [3.8, 4) is 22.3 Å². The first-order chi connectivity index (χ1) is 26.8. The molecule has 0 saturated carbocycles. The van der Waals surface area contributed by atoms with Gasteiger partial charge in [-0.15, -0.1) is 11.3 Å². The van der Waals surface area contributed by atoms with Gasteiger partial charge in [-0.05, 0) is 90.1 Å². The van der Waals surface area contributed by atoms with Crippen molar-refractivity contribution in [2.24, 2.45) is 0 Å². The molecular formula is C52H33NS. The van der Waals surface area contributed by atoms with Crippen LogP contribution in [0.3, 0.4) is 0 Å². The van der Waals surface area contributed by atoms with Crippen molar-refractivity contribution in [1.29, 1.82) is 0 Å². The van der Waals surface area contributed by atoms with Gasteiger partial charge in [-0.2, -0.15) is 0 Å². The molecule has 0 bridgehead atoms. The molecule has 0 aliphatic rings. The van der Waals surface area contributed by atoms with Gasteiger partial charge in [0.05, 0.1) is 16.1 Å². The van der Waals surface area contributed by atoms with E-state index in [1.165, 1.54) is 91.2 Å². The van der Waals surface area contributed by atoms with Gasteiger partial charge in [0.15, 0.2) is 0 Å². The van der Waals surface area contributed by atoms with Crippen LogP contribution in [0.15, 0.2) is 200 Å². The molecule has 252 valence electrons. The summed E-state index contributed by atoms with van der Waals surface area (Å²) in [7, 11) is 0. The molecule has 11 rings (SSSR count). The third-order valence-electron chi connectivity index (χ3n) is 11.0. The van der Waals surface area contributed by atoms with Gasteiger partial charge in [-0.3, -0.25) is 0 Å². The Labute approximate surface area is 317 Å². The SMILES string of the molecule is c1ccc(-c2ccccc2N(c2ccc(-c3ccc4c(ccc5ccc6ccccc6c54)c3)cc2)c2cccc3c2sc2c4ccccc4ccc32)cc1. The highest BCUT2D eigenvalue weighted by Crippen LogP contribution is 2.48. The van der Waals surface area contributed by atoms with Crippen molar-refractivity contribution in [1.82, 2.24) is 0 Å². The van der Waals surface area contributed by atoms with Crippen molar-refractivity contribution < 1.29 is 0 Å². The van der Waals surface area contributed by atoms with E-state index in [4.69, 9.17) is 0 Å². The van der Waals surface area contributed by atoms with E-state index in [9.17, 15) is 0 Å². The van der Waals surface area contributed by atoms with E-state index in [1.54, 1.807) is 0 Å². The van der Waals surface area contributed by atoms with Gasteiger partial charge < -0.3 is 4.90 Å². The maximum atomic E-state index is 2.46. The zero-order chi connectivity index (χ0) is 35.6. The second-order valence-electron chi connectivity index (χ2n) is 14.1. The second-order valence-corrected chi connectivity index (χ2v) is 15.1. The molecule has 2 heteroatoms. The summed E-state index contributed by atoms with van der Waals surface area (Å²) in [6, 6.07) is 73.4. The minimum atomic E-state index is 1.12. The minimum Gasteiger partial charge on any atom is -0.308 e. The van der Waals surface area contributed by atoms with Gasteiger partial charge in [0.2, 0.25) is 0 Å². The predicted octanol–water partition coefficient (Wildman–Crippen LogP) is 15.5. The van der Waals surface area contributed by atoms with Crippen molar-refractivity contribution >= 4 is 91.7 Å². The Morgan fingerprint density at radius 3 is 1.74 bits per heavy atom. The monoisotopic (exact) mass is 703 g/mol. The molecule has 1 nitrogen and oxygen atoms in total. The first-order valence-corrected chi connectivity index (χ1v) is 19.3. The average Bonchev–Trinajstić information content (AvgIpc) is 3.64. The lowest BCUT2D eigenvalue weighted by molar-refractivity contribution is 1.30. The molecule has 0 saturated heterocycles. The lowest BCUT2D eigenvalue weighted by Gasteiger charge is -2.28. The second kappa shape index (κ2) is 12.4. The van der Waals surface area contributed by atoms with E-state index >= 15 is 0 Å². The summed E-state index contributed by atoms with van der Waals surface area (Å²) in [6.07, 6.45) is 0. The van der Waals surface area contributed by atoms with Crippen LogP contribution in [0.25, 0.3) is 85.5 Å². The molecule has 10 aromatic carbocycles. The molecule has 0 N–H and O–H groups in total. The van der Waals surface area contributed by atoms with Crippen molar-refractivity contribution in [3.63, 3.8) is 0 Å². The fraction of sp³-hybridized carbons (Fsp3) is 0. The Morgan fingerprint density at radius 2 is 0.889 bits per heavy atom. The molecule has 11 aromatic rings. The number of nitrogens with zero attached hydrogens (tertiary/aromatic N) is 1. The predicted molar refractivity (Wildman–Crippen MR) is 235 cm³/mol. The van der Waals surface area contributed by atoms with Crippen LogP contribution < -0.4 is 4.90 Å². The molecule has 0 amide bonds. The number of benzene rings is 10. The maximum Gasteiger partial charge on any atom is 0.0640 e. The molecule has 0 spiro atoms. The van der Waals surface area contributed by atoms with Crippen molar-refractivity contribution in [2.45, 2.75) is 0 Å². The fourth-order valence-electron chi connectivity index (χ4n) is 8.44. The largest absolute Gasteiger partial charge is 0.308 e. The minimum absolute atomic E-state index is 1.12. The lowest BCUT2D eigenvalue weighted by Crippen LogP contribution is -2.11. The first kappa shape index (κ1) is 30.8. The summed E-state index contributed by atoms with van der Waals surface area (Å²) in [5, 5.41) is 12.9. The summed E-state index contributed by atoms with van der Waals surface area (Å²) >= 11 is 1.90. The van der Waals surface area contributed by atoms with E-state index in [0.717, 1.165) is 11.4 Å². The highest BCUT2D eigenvalue weighted by Gasteiger charge is 2.21. The topological polar surface area (TPSA) is 3.24 Å². The number of thiophene rings is 1. The Bertz CT molecular complexity index is 3210. The lowest BCUT2D eigenvalue weighted by atomic mass is 9.94. The Balaban J connectivity index is 1.08. The fourth-order valence-corrected chi connectivity index (χ4v) is 9.78. The number of hydrogen-bond donors (Lipinski definition) is 0. The molecule has 0 fully saturated rings. The van der Waals surface area contributed by atoms with E-state index in [1.807, 2.05) is 11.3 Å². The van der Waals surface area contributed by atoms with Crippen LogP contribution in [0, 0.1) is 0 Å². The van der Waals surface area contributed by atoms with E-state index in [0.29, 0.717) is 0 Å². The van der Waals surface area contributed by atoms with E-state index in [2.05, 4.69) is 205 Å². The Hall–Kier alpha value is -6.74. The first-order valence-electron chi connectivity index (χ1n) is 18.5. The Morgan fingerprint density at radius 1 is 0.315 bits per heavy atom. The number of rotatable bonds is 5. The summed E-state index contributed by atoms with van der Waals surface area (Å²) in [5.41, 5.74) is 8.25. The van der Waals surface area contributed by atoms with Crippen LogP contribution in [0.2, 0.25) is 0 Å². The third kappa shape index (κ3) is 4.92. The van der Waals surface area contributed by atoms with Gasteiger partial charge in [-0.1, -0.05) is 170 Å². The zero-order valence-corrected chi connectivity index (χ0v) is 30.2.